The van der Waals surface area contributed by atoms with Crippen LogP contribution in [0.2, 0.25) is 10.0 Å². The lowest BCUT2D eigenvalue weighted by Gasteiger charge is -2.30. The summed E-state index contributed by atoms with van der Waals surface area (Å²) in [6, 6.07) is 14.8. The summed E-state index contributed by atoms with van der Waals surface area (Å²) in [5.41, 5.74) is 11.5. The minimum Gasteiger partial charge on any atom is -0.452 e. The molecule has 6 rings (SSSR count). The van der Waals surface area contributed by atoms with Crippen LogP contribution in [-0.4, -0.2) is 55.4 Å². The number of nitrogens with one attached hydrogen (secondary N) is 2. The van der Waals surface area contributed by atoms with E-state index in [-0.39, 0.29) is 31.2 Å². The molecule has 14 heteroatoms. The molecule has 0 aliphatic heterocycles. The fourth-order valence-corrected chi connectivity index (χ4v) is 6.67. The third-order valence-electron chi connectivity index (χ3n) is 9.02. The predicted octanol–water partition coefficient (Wildman–Crippen LogP) is 7.72. The Bertz CT molecular complexity index is 1620. The summed E-state index contributed by atoms with van der Waals surface area (Å²) < 4.78 is 11.8. The Labute approximate surface area is 303 Å². The van der Waals surface area contributed by atoms with Gasteiger partial charge in [0.1, 0.15) is 11.5 Å². The number of halogens is 2. The monoisotopic (exact) mass is 724 g/mol. The van der Waals surface area contributed by atoms with Gasteiger partial charge in [-0.25, -0.2) is 9.97 Å². The van der Waals surface area contributed by atoms with Crippen LogP contribution in [-0.2, 0) is 0 Å². The summed E-state index contributed by atoms with van der Waals surface area (Å²) in [7, 11) is 0. The number of nitrogen functional groups attached to an aromatic ring is 2. The van der Waals surface area contributed by atoms with E-state index in [2.05, 4.69) is 30.6 Å². The van der Waals surface area contributed by atoms with Crippen molar-refractivity contribution in [3.8, 4) is 23.0 Å². The van der Waals surface area contributed by atoms with Crippen molar-refractivity contribution in [2.75, 3.05) is 35.3 Å². The molecule has 2 fully saturated rings. The number of anilines is 4. The van der Waals surface area contributed by atoms with Crippen LogP contribution < -0.4 is 31.6 Å². The smallest absolute Gasteiger partial charge is 0.222 e. The Kier molecular flexibility index (Phi) is 13.9. The Morgan fingerprint density at radius 2 is 1.12 bits per heavy atom. The zero-order valence-corrected chi connectivity index (χ0v) is 29.5. The molecule has 268 valence electrons. The first-order chi connectivity index (χ1) is 24.3. The highest BCUT2D eigenvalue weighted by atomic mass is 35.5. The molecule has 50 heavy (non-hydrogen) atoms. The van der Waals surface area contributed by atoms with E-state index in [0.717, 1.165) is 57.8 Å². The molecule has 2 heterocycles. The Morgan fingerprint density at radius 1 is 0.640 bits per heavy atom. The normalized spacial score (nSPS) is 20.2. The first-order valence-corrected chi connectivity index (χ1v) is 17.9. The summed E-state index contributed by atoms with van der Waals surface area (Å²) in [6.45, 7) is 0.507. The zero-order valence-electron chi connectivity index (χ0n) is 28.0. The van der Waals surface area contributed by atoms with Crippen molar-refractivity contribution in [1.29, 1.82) is 0 Å². The van der Waals surface area contributed by atoms with E-state index < -0.39 is 0 Å². The lowest BCUT2D eigenvalue weighted by molar-refractivity contribution is 0.224. The van der Waals surface area contributed by atoms with Crippen molar-refractivity contribution >= 4 is 46.7 Å². The maximum Gasteiger partial charge on any atom is 0.222 e. The Morgan fingerprint density at radius 3 is 1.62 bits per heavy atom. The van der Waals surface area contributed by atoms with E-state index in [0.29, 0.717) is 62.6 Å². The Hall–Kier alpha value is -4.10. The van der Waals surface area contributed by atoms with Crippen LogP contribution in [0.3, 0.4) is 0 Å². The molecule has 0 spiro atoms. The van der Waals surface area contributed by atoms with Gasteiger partial charge in [-0.05, 0) is 112 Å². The number of ether oxygens (including phenoxy) is 2. The molecular weight excluding hydrogens is 679 g/mol. The quantitative estimate of drug-likeness (QED) is 0.0837. The van der Waals surface area contributed by atoms with Gasteiger partial charge in [-0.1, -0.05) is 36.0 Å². The lowest BCUT2D eigenvalue weighted by Crippen LogP contribution is -2.28. The molecule has 0 saturated heterocycles. The van der Waals surface area contributed by atoms with E-state index in [1.807, 2.05) is 0 Å². The van der Waals surface area contributed by atoms with Crippen LogP contribution in [0.5, 0.6) is 23.0 Å². The molecule has 0 amide bonds. The van der Waals surface area contributed by atoms with E-state index in [9.17, 15) is 5.11 Å². The number of hydrogen-bond acceptors (Lipinski definition) is 12. The predicted molar refractivity (Wildman–Crippen MR) is 198 cm³/mol. The third kappa shape index (κ3) is 11.5. The van der Waals surface area contributed by atoms with Gasteiger partial charge in [-0.2, -0.15) is 9.97 Å². The van der Waals surface area contributed by atoms with Crippen LogP contribution in [0, 0.1) is 11.8 Å². The van der Waals surface area contributed by atoms with Crippen LogP contribution in [0.15, 0.2) is 60.9 Å². The molecule has 0 radical (unpaired) electrons. The van der Waals surface area contributed by atoms with Gasteiger partial charge in [0, 0.05) is 35.3 Å². The highest BCUT2D eigenvalue weighted by Gasteiger charge is 2.24. The van der Waals surface area contributed by atoms with Gasteiger partial charge >= 0.3 is 0 Å². The molecular formula is C36H46Cl2N8O4. The molecule has 2 aromatic heterocycles. The minimum absolute atomic E-state index is 0.202. The van der Waals surface area contributed by atoms with Crippen molar-refractivity contribution in [2.45, 2.75) is 76.3 Å². The second-order valence-corrected chi connectivity index (χ2v) is 13.6. The molecule has 4 aromatic rings. The number of aromatic nitrogens is 4. The van der Waals surface area contributed by atoms with Crippen LogP contribution in [0.25, 0.3) is 0 Å². The molecule has 2 aliphatic rings. The number of nitrogens with two attached hydrogens (primary N) is 2. The molecule has 12 nitrogen and oxygen atoms in total. The summed E-state index contributed by atoms with van der Waals surface area (Å²) in [4.78, 5) is 16.7. The van der Waals surface area contributed by atoms with Crippen LogP contribution in [0.4, 0.5) is 23.5 Å². The highest BCUT2D eigenvalue weighted by molar-refractivity contribution is 6.30. The first-order valence-electron chi connectivity index (χ1n) is 17.1. The van der Waals surface area contributed by atoms with E-state index in [1.54, 1.807) is 60.9 Å². The second-order valence-electron chi connectivity index (χ2n) is 12.8. The van der Waals surface area contributed by atoms with Gasteiger partial charge in [-0.3, -0.25) is 0 Å². The van der Waals surface area contributed by atoms with Gasteiger partial charge in [0.05, 0.1) is 12.4 Å². The van der Waals surface area contributed by atoms with Gasteiger partial charge in [-0.15, -0.1) is 0 Å². The number of aliphatic hydroxyl groups is 2. The largest absolute Gasteiger partial charge is 0.452 e. The van der Waals surface area contributed by atoms with Gasteiger partial charge in [0.2, 0.25) is 11.9 Å². The molecule has 2 aromatic carbocycles. The van der Waals surface area contributed by atoms with Gasteiger partial charge < -0.3 is 41.8 Å². The topological polar surface area (TPSA) is 187 Å². The number of hydrogen-bond donors (Lipinski definition) is 6. The summed E-state index contributed by atoms with van der Waals surface area (Å²) >= 11 is 11.8. The first kappa shape index (κ1) is 37.2. The zero-order chi connectivity index (χ0) is 35.3. The highest BCUT2D eigenvalue weighted by Crippen LogP contribution is 2.35. The molecule has 8 N–H and O–H groups in total. The Balaban J connectivity index is 0.000000194. The van der Waals surface area contributed by atoms with Gasteiger partial charge in [0.15, 0.2) is 23.1 Å². The molecule has 0 bridgehead atoms. The summed E-state index contributed by atoms with van der Waals surface area (Å²) in [5, 5.41) is 26.4. The summed E-state index contributed by atoms with van der Waals surface area (Å²) in [5.74, 6) is 5.14. The SMILES string of the molecule is Nc1ncc(Oc2ccc(Cl)cc2)c(NC2CCC(CCO)CC2)n1.Nc1ncc(Oc2ccc(Cl)cc2)c(NC2CCCC(CCO)C2)n1. The number of nitrogens with zero attached hydrogens (tertiary/aromatic N) is 4. The van der Waals surface area contributed by atoms with E-state index in [4.69, 9.17) is 49.2 Å². The molecule has 2 aliphatic carbocycles. The number of benzene rings is 2. The van der Waals surface area contributed by atoms with Crippen LogP contribution >= 0.6 is 23.2 Å². The van der Waals surface area contributed by atoms with Crippen molar-refractivity contribution in [2.24, 2.45) is 11.8 Å². The van der Waals surface area contributed by atoms with Crippen LogP contribution in [0.1, 0.15) is 64.2 Å². The second kappa shape index (κ2) is 18.8. The van der Waals surface area contributed by atoms with E-state index in [1.165, 1.54) is 6.42 Å². The third-order valence-corrected chi connectivity index (χ3v) is 9.52. The van der Waals surface area contributed by atoms with Crippen molar-refractivity contribution < 1.29 is 19.7 Å². The average Bonchev–Trinajstić information content (AvgIpc) is 3.11. The molecule has 2 atom stereocenters. The summed E-state index contributed by atoms with van der Waals surface area (Å²) in [6.07, 6.45) is 13.5. The van der Waals surface area contributed by atoms with E-state index >= 15 is 0 Å². The molecule has 2 unspecified atom stereocenters. The average molecular weight is 726 g/mol. The maximum absolute atomic E-state index is 9.17. The van der Waals surface area contributed by atoms with Gasteiger partial charge in [0.25, 0.3) is 0 Å². The lowest BCUT2D eigenvalue weighted by atomic mass is 9.84. The minimum atomic E-state index is 0.202. The fraction of sp³-hybridized carbons (Fsp3) is 0.444. The molecule has 2 saturated carbocycles. The fourth-order valence-electron chi connectivity index (χ4n) is 6.42. The van der Waals surface area contributed by atoms with Crippen molar-refractivity contribution in [3.05, 3.63) is 71.0 Å². The maximum atomic E-state index is 9.17. The standard InChI is InChI=1S/2C18H23ClN4O2/c19-13-3-7-15(8-4-13)25-16-11-21-18(20)23-17(16)22-14-5-1-12(2-6-14)9-10-24;19-13-4-6-15(7-5-13)25-16-11-21-18(20)23-17(16)22-14-3-1-2-12(10-14)8-9-24/h3-4,7-8,11-12,14,24H,1-2,5-6,9-10H2,(H3,20,21,22,23);4-7,11-12,14,24H,1-3,8-10H2,(H3,20,21,22,23). The number of aliphatic hydroxyl groups excluding tert-OH is 2. The van der Waals surface area contributed by atoms with Crippen molar-refractivity contribution in [1.82, 2.24) is 19.9 Å². The number of rotatable bonds is 12. The van der Waals surface area contributed by atoms with Crippen molar-refractivity contribution in [3.63, 3.8) is 0 Å².